The van der Waals surface area contributed by atoms with Crippen molar-refractivity contribution in [1.82, 2.24) is 10.6 Å². The Hall–Kier alpha value is -3.37. The molecule has 2 unspecified atom stereocenters. The van der Waals surface area contributed by atoms with Crippen LogP contribution in [0.5, 0.6) is 0 Å². The molecule has 0 heterocycles. The van der Waals surface area contributed by atoms with E-state index in [-0.39, 0.29) is 49.6 Å². The second-order valence-electron chi connectivity index (χ2n) is 10.4. The summed E-state index contributed by atoms with van der Waals surface area (Å²) in [5.41, 5.74) is 5.84. The van der Waals surface area contributed by atoms with E-state index in [0.717, 1.165) is 23.9 Å². The van der Waals surface area contributed by atoms with Crippen LogP contribution in [0.25, 0.3) is 0 Å². The molecule has 0 saturated carbocycles. The van der Waals surface area contributed by atoms with Gasteiger partial charge in [-0.05, 0) is 56.7 Å². The van der Waals surface area contributed by atoms with Crippen molar-refractivity contribution in [2.45, 2.75) is 45.2 Å². The van der Waals surface area contributed by atoms with E-state index in [1.807, 2.05) is 18.2 Å². The highest BCUT2D eigenvalue weighted by atomic mass is 79.9. The van der Waals surface area contributed by atoms with E-state index >= 15 is 0 Å². The number of nitrogens with one attached hydrogen (secondary N) is 2. The minimum absolute atomic E-state index is 0. The predicted molar refractivity (Wildman–Crippen MR) is 190 cm³/mol. The third-order valence-corrected chi connectivity index (χ3v) is 12.8. The van der Waals surface area contributed by atoms with Gasteiger partial charge in [0.25, 0.3) is 0 Å². The van der Waals surface area contributed by atoms with Gasteiger partial charge in [-0.15, -0.1) is 0 Å². The molecule has 3 aromatic carbocycles. The molecule has 2 atom stereocenters. The zero-order chi connectivity index (χ0) is 33.2. The average molecular weight is 747 g/mol. The molecule has 47 heavy (non-hydrogen) atoms. The van der Waals surface area contributed by atoms with Crippen molar-refractivity contribution in [1.29, 1.82) is 0 Å². The second-order valence-corrected chi connectivity index (χ2v) is 15.1. The highest BCUT2D eigenvalue weighted by molar-refractivity contribution is 7.98. The van der Waals surface area contributed by atoms with Crippen LogP contribution in [0.1, 0.15) is 33.1 Å². The number of benzene rings is 3. The van der Waals surface area contributed by atoms with Crippen LogP contribution in [0.2, 0.25) is 0 Å². The van der Waals surface area contributed by atoms with Gasteiger partial charge in [0.05, 0.1) is 19.4 Å². The maximum atomic E-state index is 13.1. The molecule has 0 fully saturated rings. The first-order chi connectivity index (χ1) is 22.3. The number of thiol groups is 1. The number of hydrogen-bond acceptors (Lipinski definition) is 7. The van der Waals surface area contributed by atoms with E-state index in [1.54, 1.807) is 13.8 Å². The molecule has 0 bridgehead atoms. The lowest BCUT2D eigenvalue weighted by Gasteiger charge is -2.27. The van der Waals surface area contributed by atoms with Crippen molar-refractivity contribution in [2.75, 3.05) is 31.7 Å². The number of ether oxygens (including phenoxy) is 2. The van der Waals surface area contributed by atoms with Crippen LogP contribution in [0.4, 0.5) is 0 Å². The molecule has 3 aromatic rings. The summed E-state index contributed by atoms with van der Waals surface area (Å²) in [6, 6.07) is 30.0. The molecule has 0 aliphatic heterocycles. The first-order valence-corrected chi connectivity index (χ1v) is 18.6. The quantitative estimate of drug-likeness (QED) is 0.0596. The standard InChI is InChI=1S/C35H44N3O6PS.BrH/c1-3-43-33(40)25-37-34(41)31(38-32(39)22-21-30(36)35(42)44-4-2)26-46-24-14-23-45(27-15-8-5-9-16-27,28-17-10-6-11-18-28)29-19-12-7-13-20-29;/h5-13,15-20,24,30-31,46H,3-4,14,21-23,25-26,36H2,1-2H3,(H-,37,38,39,41);1H. The zero-order valence-electron chi connectivity index (χ0n) is 26.8. The molecule has 0 saturated heterocycles. The molecule has 12 heteroatoms. The Kier molecular flexibility index (Phi) is 18.2. The molecule has 254 valence electrons. The van der Waals surface area contributed by atoms with E-state index in [9.17, 15) is 19.2 Å². The molecule has 0 aliphatic carbocycles. The van der Waals surface area contributed by atoms with Crippen molar-refractivity contribution in [3.8, 4) is 0 Å². The Balaban J connectivity index is 0.00000768. The molecule has 0 spiro atoms. The van der Waals surface area contributed by atoms with E-state index in [2.05, 4.69) is 88.8 Å². The maximum Gasteiger partial charge on any atom is 0.325 e. The Morgan fingerprint density at radius 3 is 1.83 bits per heavy atom. The molecule has 0 radical (unpaired) electrons. The Morgan fingerprint density at radius 2 is 1.34 bits per heavy atom. The minimum atomic E-state index is -2.00. The summed E-state index contributed by atoms with van der Waals surface area (Å²) in [7, 11) is -2.00. The molecule has 9 nitrogen and oxygen atoms in total. The second kappa shape index (κ2) is 21.5. The fourth-order valence-electron chi connectivity index (χ4n) is 5.01. The molecule has 0 aromatic heterocycles. The highest BCUT2D eigenvalue weighted by Crippen LogP contribution is 2.55. The van der Waals surface area contributed by atoms with Gasteiger partial charge < -0.3 is 42.8 Å². The van der Waals surface area contributed by atoms with Gasteiger partial charge >= 0.3 is 11.9 Å². The molecule has 3 rings (SSSR count). The van der Waals surface area contributed by atoms with E-state index in [0.29, 0.717) is 5.75 Å². The predicted octanol–water partition coefficient (Wildman–Crippen LogP) is -0.523. The van der Waals surface area contributed by atoms with Crippen molar-refractivity contribution in [3.05, 3.63) is 91.0 Å². The topological polar surface area (TPSA) is 137 Å². The van der Waals surface area contributed by atoms with Crippen LogP contribution in [-0.4, -0.2) is 72.9 Å². The van der Waals surface area contributed by atoms with Crippen LogP contribution < -0.4 is 49.3 Å². The van der Waals surface area contributed by atoms with Crippen LogP contribution in [0.15, 0.2) is 91.0 Å². The minimum Gasteiger partial charge on any atom is -1.00 e. The molecule has 0 aliphatic rings. The van der Waals surface area contributed by atoms with Gasteiger partial charge in [0.1, 0.15) is 41.8 Å². The van der Waals surface area contributed by atoms with Gasteiger partial charge in [-0.1, -0.05) is 60.0 Å². The lowest BCUT2D eigenvalue weighted by Crippen LogP contribution is -3.00. The fourth-order valence-corrected chi connectivity index (χ4v) is 10.4. The summed E-state index contributed by atoms with van der Waals surface area (Å²) in [6.07, 6.45) is 1.68. The van der Waals surface area contributed by atoms with Gasteiger partial charge in [0.15, 0.2) is 0 Å². The largest absolute Gasteiger partial charge is 1.00 e. The van der Waals surface area contributed by atoms with E-state index in [1.165, 1.54) is 15.9 Å². The first-order valence-electron chi connectivity index (χ1n) is 15.5. The van der Waals surface area contributed by atoms with Gasteiger partial charge in [0.2, 0.25) is 11.8 Å². The van der Waals surface area contributed by atoms with Gasteiger partial charge in [-0.3, -0.25) is 19.2 Å². The Labute approximate surface area is 292 Å². The summed E-state index contributed by atoms with van der Waals surface area (Å²) >= 11 is 0.850. The lowest BCUT2D eigenvalue weighted by molar-refractivity contribution is -0.145. The number of amides is 2. The number of halogens is 1. The summed E-state index contributed by atoms with van der Waals surface area (Å²) in [6.45, 7) is 3.46. The normalized spacial score (nSPS) is 12.5. The highest BCUT2D eigenvalue weighted by Gasteiger charge is 2.44. The van der Waals surface area contributed by atoms with E-state index < -0.39 is 43.1 Å². The molecular weight excluding hydrogens is 701 g/mol. The average Bonchev–Trinajstić information content (AvgIpc) is 3.08. The number of carbonyl (C=O) groups excluding carboxylic acids is 4. The Morgan fingerprint density at radius 1 is 0.830 bits per heavy atom. The summed E-state index contributed by atoms with van der Waals surface area (Å²) in [5, 5.41) is 11.3. The third-order valence-electron chi connectivity index (χ3n) is 7.24. The number of carbonyl (C=O) groups is 4. The fraction of sp³-hybridized carbons (Fsp3) is 0.343. The molecular formula is C35H45BrN3O6PS. The SMILES string of the molecule is CCOC(=O)CNC(=O)C(C[SH]=CCC[P+](c1ccccc1)(c1ccccc1)c1ccccc1)NC(=O)CCC(N)C(=O)OCC.[Br-]. The van der Waals surface area contributed by atoms with Gasteiger partial charge in [-0.25, -0.2) is 11.4 Å². The van der Waals surface area contributed by atoms with Crippen molar-refractivity contribution in [2.24, 2.45) is 5.73 Å². The van der Waals surface area contributed by atoms with Crippen LogP contribution >= 0.6 is 18.6 Å². The van der Waals surface area contributed by atoms with Crippen molar-refractivity contribution in [3.63, 3.8) is 0 Å². The summed E-state index contributed by atoms with van der Waals surface area (Å²) < 4.78 is 9.82. The van der Waals surface area contributed by atoms with Crippen LogP contribution in [0.3, 0.4) is 0 Å². The Bertz CT molecular complexity index is 1340. The maximum absolute atomic E-state index is 13.1. The number of rotatable bonds is 18. The van der Waals surface area contributed by atoms with Crippen LogP contribution in [0, 0.1) is 0 Å². The summed E-state index contributed by atoms with van der Waals surface area (Å²) in [4.78, 5) is 49.5. The lowest BCUT2D eigenvalue weighted by atomic mass is 10.1. The van der Waals surface area contributed by atoms with Crippen LogP contribution in [-0.2, 0) is 28.7 Å². The monoisotopic (exact) mass is 745 g/mol. The summed E-state index contributed by atoms with van der Waals surface area (Å²) in [5.74, 6) is -1.75. The number of nitrogens with two attached hydrogens (primary N) is 1. The molecule has 4 N–H and O–H groups in total. The first kappa shape index (κ1) is 39.8. The van der Waals surface area contributed by atoms with Gasteiger partial charge in [0, 0.05) is 18.6 Å². The number of hydrogen-bond donors (Lipinski definition) is 4. The third kappa shape index (κ3) is 12.3. The van der Waals surface area contributed by atoms with Crippen molar-refractivity contribution < 1.29 is 45.6 Å². The van der Waals surface area contributed by atoms with Gasteiger partial charge in [-0.2, -0.15) is 0 Å². The van der Waals surface area contributed by atoms with E-state index in [4.69, 9.17) is 15.2 Å². The smallest absolute Gasteiger partial charge is 0.325 e. The zero-order valence-corrected chi connectivity index (χ0v) is 30.2. The van der Waals surface area contributed by atoms with Crippen molar-refractivity contribution >= 4 is 63.6 Å². The molecule has 2 amide bonds. The number of esters is 2.